The zero-order valence-corrected chi connectivity index (χ0v) is 22.5. The molecule has 1 aromatic carbocycles. The molecule has 1 aliphatic carbocycles. The molecule has 0 radical (unpaired) electrons. The summed E-state index contributed by atoms with van der Waals surface area (Å²) in [5.74, 6) is -0.333. The van der Waals surface area contributed by atoms with Gasteiger partial charge in [0.1, 0.15) is 0 Å². The summed E-state index contributed by atoms with van der Waals surface area (Å²) >= 11 is 0. The lowest BCUT2D eigenvalue weighted by molar-refractivity contribution is -0.176. The Labute approximate surface area is 220 Å². The van der Waals surface area contributed by atoms with Crippen molar-refractivity contribution in [2.24, 2.45) is 11.3 Å². The van der Waals surface area contributed by atoms with E-state index in [2.05, 4.69) is 29.6 Å². The Kier molecular flexibility index (Phi) is 9.64. The minimum absolute atomic E-state index is 0. The summed E-state index contributed by atoms with van der Waals surface area (Å²) in [7, 11) is 0. The Morgan fingerprint density at radius 1 is 0.944 bits per heavy atom. The van der Waals surface area contributed by atoms with Gasteiger partial charge in [-0.3, -0.25) is 14.5 Å². The average Bonchev–Trinajstić information content (AvgIpc) is 3.25. The summed E-state index contributed by atoms with van der Waals surface area (Å²) in [6.45, 7) is 8.44. The monoisotopic (exact) mass is 521 g/mol. The number of urea groups is 1. The second-order valence-corrected chi connectivity index (χ2v) is 11.0. The van der Waals surface area contributed by atoms with Crippen LogP contribution in [0.25, 0.3) is 0 Å². The van der Waals surface area contributed by atoms with E-state index < -0.39 is 11.4 Å². The van der Waals surface area contributed by atoms with Gasteiger partial charge in [0, 0.05) is 24.8 Å². The number of halogens is 1. The minimum atomic E-state index is -0.629. The molecule has 0 unspecified atom stereocenters. The fourth-order valence-corrected chi connectivity index (χ4v) is 5.31. The molecule has 0 spiro atoms. The van der Waals surface area contributed by atoms with Gasteiger partial charge >= 0.3 is 18.0 Å². The van der Waals surface area contributed by atoms with E-state index in [-0.39, 0.29) is 43.2 Å². The molecule has 4 rings (SSSR count). The molecule has 1 saturated carbocycles. The van der Waals surface area contributed by atoms with E-state index in [0.717, 1.165) is 44.5 Å². The van der Waals surface area contributed by atoms with E-state index in [9.17, 15) is 14.4 Å². The maximum Gasteiger partial charge on any atom is 0.324 e. The molecule has 2 saturated heterocycles. The van der Waals surface area contributed by atoms with Crippen molar-refractivity contribution in [2.75, 3.05) is 37.9 Å². The van der Waals surface area contributed by atoms with Gasteiger partial charge in [-0.15, -0.1) is 12.4 Å². The van der Waals surface area contributed by atoms with Crippen molar-refractivity contribution in [1.82, 2.24) is 10.2 Å². The number of benzene rings is 1. The first-order chi connectivity index (χ1) is 16.7. The highest BCUT2D eigenvalue weighted by atomic mass is 35.5. The largest absolute Gasteiger partial charge is 0.428 e. The van der Waals surface area contributed by atoms with Gasteiger partial charge in [-0.1, -0.05) is 12.1 Å². The molecular weight excluding hydrogens is 482 g/mol. The van der Waals surface area contributed by atoms with Gasteiger partial charge in [0.05, 0.1) is 11.3 Å². The predicted octanol–water partition coefficient (Wildman–Crippen LogP) is 4.47. The van der Waals surface area contributed by atoms with Crippen molar-refractivity contribution in [3.05, 3.63) is 29.8 Å². The first-order valence-electron chi connectivity index (χ1n) is 13.0. The number of nitrogens with zero attached hydrogens (tertiary/aromatic N) is 2. The molecule has 1 aromatic rings. The van der Waals surface area contributed by atoms with Crippen molar-refractivity contribution in [3.8, 4) is 0 Å². The molecule has 2 aliphatic heterocycles. The molecule has 3 fully saturated rings. The van der Waals surface area contributed by atoms with E-state index >= 15 is 0 Å². The number of nitrogens with one attached hydrogen (secondary N) is 1. The van der Waals surface area contributed by atoms with Crippen molar-refractivity contribution in [1.29, 1.82) is 0 Å². The number of anilines is 1. The minimum Gasteiger partial charge on any atom is -0.428 e. The van der Waals surface area contributed by atoms with Crippen LogP contribution >= 0.6 is 12.4 Å². The fraction of sp³-hybridized carbons (Fsp3) is 0.667. The topological polar surface area (TPSA) is 88.2 Å². The van der Waals surface area contributed by atoms with Crippen LogP contribution in [0.15, 0.2) is 24.3 Å². The second kappa shape index (κ2) is 12.3. The zero-order valence-electron chi connectivity index (χ0n) is 21.7. The van der Waals surface area contributed by atoms with Crippen LogP contribution in [0.2, 0.25) is 0 Å². The highest BCUT2D eigenvalue weighted by molar-refractivity contribution is 5.94. The van der Waals surface area contributed by atoms with Gasteiger partial charge in [-0.25, -0.2) is 4.79 Å². The maximum atomic E-state index is 13.2. The van der Waals surface area contributed by atoms with Crippen LogP contribution in [-0.2, 0) is 19.1 Å². The van der Waals surface area contributed by atoms with Gasteiger partial charge in [0.2, 0.25) is 6.79 Å². The maximum absolute atomic E-state index is 13.2. The molecule has 8 nitrogen and oxygen atoms in total. The Balaban J connectivity index is 0.00000361. The third kappa shape index (κ3) is 6.71. The van der Waals surface area contributed by atoms with Gasteiger partial charge in [0.15, 0.2) is 0 Å². The summed E-state index contributed by atoms with van der Waals surface area (Å²) < 4.78 is 10.2. The van der Waals surface area contributed by atoms with Crippen molar-refractivity contribution >= 4 is 36.1 Å². The summed E-state index contributed by atoms with van der Waals surface area (Å²) in [5, 5.41) is 3.41. The lowest BCUT2D eigenvalue weighted by Gasteiger charge is -2.33. The van der Waals surface area contributed by atoms with Crippen LogP contribution in [0.5, 0.6) is 0 Å². The number of piperidine rings is 1. The van der Waals surface area contributed by atoms with Crippen molar-refractivity contribution in [3.63, 3.8) is 0 Å². The zero-order chi connectivity index (χ0) is 25.0. The van der Waals surface area contributed by atoms with E-state index in [0.29, 0.717) is 31.8 Å². The third-order valence-corrected chi connectivity index (χ3v) is 7.53. The number of hydrogen-bond acceptors (Lipinski definition) is 6. The number of esters is 2. The molecule has 2 amide bonds. The highest BCUT2D eigenvalue weighted by Gasteiger charge is 2.38. The molecule has 1 N–H and O–H groups in total. The Bertz CT molecular complexity index is 903. The number of carbonyl (C=O) groups excluding carboxylic acids is 3. The average molecular weight is 522 g/mol. The van der Waals surface area contributed by atoms with E-state index in [1.165, 1.54) is 5.56 Å². The normalized spacial score (nSPS) is 23.2. The third-order valence-electron chi connectivity index (χ3n) is 7.53. The summed E-state index contributed by atoms with van der Waals surface area (Å²) in [6, 6.07) is 8.72. The Morgan fingerprint density at radius 3 is 2.19 bits per heavy atom. The highest BCUT2D eigenvalue weighted by Crippen LogP contribution is 2.33. The van der Waals surface area contributed by atoms with Crippen molar-refractivity contribution < 1.29 is 23.9 Å². The van der Waals surface area contributed by atoms with Crippen LogP contribution in [0.3, 0.4) is 0 Å². The molecule has 200 valence electrons. The summed E-state index contributed by atoms with van der Waals surface area (Å²) in [6.07, 6.45) is 5.21. The lowest BCUT2D eigenvalue weighted by Crippen LogP contribution is -2.42. The van der Waals surface area contributed by atoms with Crippen LogP contribution in [0.1, 0.15) is 70.8 Å². The molecule has 0 atom stereocenters. The molecule has 9 heteroatoms. The van der Waals surface area contributed by atoms with Crippen molar-refractivity contribution in [2.45, 2.75) is 71.3 Å². The first-order valence-corrected chi connectivity index (χ1v) is 13.0. The van der Waals surface area contributed by atoms with Crippen LogP contribution in [-0.4, -0.2) is 61.9 Å². The second-order valence-electron chi connectivity index (χ2n) is 11.0. The number of carbonyl (C=O) groups is 3. The Hall–Kier alpha value is -2.32. The Morgan fingerprint density at radius 2 is 1.58 bits per heavy atom. The molecule has 0 aromatic heterocycles. The quantitative estimate of drug-likeness (QED) is 0.439. The SMILES string of the molecule is CC(C)(C)C(=O)OCOC(=O)C1CCC(N2CCN(c3ccc(C4CCNCC4)cc3)C2=O)CC1.Cl. The van der Waals surface area contributed by atoms with Gasteiger partial charge in [-0.2, -0.15) is 0 Å². The number of amides is 2. The predicted molar refractivity (Wildman–Crippen MR) is 140 cm³/mol. The number of ether oxygens (including phenoxy) is 2. The molecule has 36 heavy (non-hydrogen) atoms. The van der Waals surface area contributed by atoms with E-state index in [1.807, 2.05) is 9.80 Å². The molecule has 3 aliphatic rings. The standard InChI is InChI=1S/C27H39N3O5.ClH/c1-27(2,3)25(32)35-18-34-24(31)21-6-10-23(11-7-21)30-17-16-29(26(30)33)22-8-4-19(5-9-22)20-12-14-28-15-13-20;/h4-5,8-9,20-21,23,28H,6-7,10-18H2,1-3H3;1H. The first kappa shape index (κ1) is 28.3. The van der Waals surface area contributed by atoms with Crippen LogP contribution in [0, 0.1) is 11.3 Å². The molecule has 0 bridgehead atoms. The lowest BCUT2D eigenvalue weighted by atomic mass is 9.85. The number of hydrogen-bond donors (Lipinski definition) is 1. The van der Waals surface area contributed by atoms with Gasteiger partial charge in [0.25, 0.3) is 0 Å². The summed E-state index contributed by atoms with van der Waals surface area (Å²) in [5.41, 5.74) is 1.69. The van der Waals surface area contributed by atoms with E-state index in [1.54, 1.807) is 20.8 Å². The van der Waals surface area contributed by atoms with Crippen LogP contribution in [0.4, 0.5) is 10.5 Å². The smallest absolute Gasteiger partial charge is 0.324 e. The number of rotatable bonds is 6. The van der Waals surface area contributed by atoms with Gasteiger partial charge < -0.3 is 19.7 Å². The van der Waals surface area contributed by atoms with Crippen LogP contribution < -0.4 is 10.2 Å². The van der Waals surface area contributed by atoms with E-state index in [4.69, 9.17) is 9.47 Å². The molecule has 2 heterocycles. The molecular formula is C27H40ClN3O5. The fourth-order valence-electron chi connectivity index (χ4n) is 5.31. The summed E-state index contributed by atoms with van der Waals surface area (Å²) in [4.78, 5) is 41.2. The van der Waals surface area contributed by atoms with Gasteiger partial charge in [-0.05, 0) is 96.0 Å².